The van der Waals surface area contributed by atoms with Gasteiger partial charge < -0.3 is 10.6 Å². The summed E-state index contributed by atoms with van der Waals surface area (Å²) in [6.07, 6.45) is 0. The van der Waals surface area contributed by atoms with Gasteiger partial charge in [0.2, 0.25) is 10.0 Å². The second kappa shape index (κ2) is 6.23. The molecule has 0 atom stereocenters. The van der Waals surface area contributed by atoms with Gasteiger partial charge in [0.05, 0.1) is 27.2 Å². The molecule has 3 N–H and O–H groups in total. The van der Waals surface area contributed by atoms with Crippen molar-refractivity contribution in [2.24, 2.45) is 0 Å². The first-order valence-electron chi connectivity index (χ1n) is 6.12. The highest BCUT2D eigenvalue weighted by atomic mass is 35.5. The van der Waals surface area contributed by atoms with Crippen molar-refractivity contribution in [2.45, 2.75) is 11.4 Å². The van der Waals surface area contributed by atoms with Crippen LogP contribution in [0.3, 0.4) is 0 Å². The lowest BCUT2D eigenvalue weighted by molar-refractivity contribution is 0.588. The maximum Gasteiger partial charge on any atom is 0.240 e. The van der Waals surface area contributed by atoms with E-state index in [-0.39, 0.29) is 4.90 Å². The van der Waals surface area contributed by atoms with E-state index < -0.39 is 10.0 Å². The van der Waals surface area contributed by atoms with E-state index in [1.165, 1.54) is 24.5 Å². The van der Waals surface area contributed by atoms with Crippen molar-refractivity contribution >= 4 is 44.3 Å². The molecule has 0 saturated carbocycles. The summed E-state index contributed by atoms with van der Waals surface area (Å²) >= 11 is 7.40. The molecule has 0 aliphatic heterocycles. The Hall–Kier alpha value is -1.28. The molecule has 0 saturated heterocycles. The Morgan fingerprint density at radius 1 is 1.33 bits per heavy atom. The summed E-state index contributed by atoms with van der Waals surface area (Å²) in [4.78, 5) is 3.15. The Morgan fingerprint density at radius 2 is 2.05 bits per heavy atom. The second-order valence-electron chi connectivity index (χ2n) is 4.49. The van der Waals surface area contributed by atoms with Crippen LogP contribution in [0, 0.1) is 0 Å². The van der Waals surface area contributed by atoms with Gasteiger partial charge in [-0.1, -0.05) is 11.6 Å². The van der Waals surface area contributed by atoms with Gasteiger partial charge in [0, 0.05) is 11.9 Å². The van der Waals surface area contributed by atoms with E-state index in [2.05, 4.69) is 4.72 Å². The lowest BCUT2D eigenvalue weighted by Crippen LogP contribution is -2.21. The third kappa shape index (κ3) is 3.68. The monoisotopic (exact) mass is 345 g/mol. The van der Waals surface area contributed by atoms with Crippen molar-refractivity contribution in [3.05, 3.63) is 39.5 Å². The van der Waals surface area contributed by atoms with Crippen molar-refractivity contribution in [3.8, 4) is 0 Å². The van der Waals surface area contributed by atoms with Crippen molar-refractivity contribution in [1.29, 1.82) is 0 Å². The van der Waals surface area contributed by atoms with E-state index in [9.17, 15) is 8.42 Å². The minimum Gasteiger partial charge on any atom is -0.397 e. The van der Waals surface area contributed by atoms with Crippen LogP contribution in [0.25, 0.3) is 0 Å². The zero-order chi connectivity index (χ0) is 15.6. The zero-order valence-electron chi connectivity index (χ0n) is 11.6. The molecule has 0 bridgehead atoms. The molecule has 0 unspecified atom stereocenters. The summed E-state index contributed by atoms with van der Waals surface area (Å²) in [6, 6.07) is 8.42. The number of nitrogen functional groups attached to an aromatic ring is 1. The van der Waals surface area contributed by atoms with Gasteiger partial charge >= 0.3 is 0 Å². The second-order valence-corrected chi connectivity index (χ2v) is 8.18. The topological polar surface area (TPSA) is 75.4 Å². The number of hydrogen-bond donors (Lipinski definition) is 2. The highest BCUT2D eigenvalue weighted by molar-refractivity contribution is 7.89. The maximum atomic E-state index is 11.9. The predicted molar refractivity (Wildman–Crippen MR) is 88.5 cm³/mol. The molecule has 1 heterocycles. The Balaban J connectivity index is 2.32. The molecule has 8 heteroatoms. The summed E-state index contributed by atoms with van der Waals surface area (Å²) in [5.74, 6) is 0. The molecule has 1 aromatic heterocycles. The third-order valence-electron chi connectivity index (χ3n) is 3.01. The number of hydrogen-bond acceptors (Lipinski definition) is 5. The van der Waals surface area contributed by atoms with Crippen molar-refractivity contribution in [3.63, 3.8) is 0 Å². The normalized spacial score (nSPS) is 11.6. The van der Waals surface area contributed by atoms with Crippen LogP contribution in [-0.2, 0) is 16.6 Å². The molecule has 5 nitrogen and oxygen atoms in total. The number of rotatable bonds is 5. The number of thiophene rings is 1. The van der Waals surface area contributed by atoms with Gasteiger partial charge in [-0.15, -0.1) is 11.3 Å². The SMILES string of the molecule is CNS(=O)(=O)c1ccc(N)c(N(C)Cc2ccc(Cl)s2)c1. The molecule has 2 aromatic rings. The van der Waals surface area contributed by atoms with E-state index in [4.69, 9.17) is 17.3 Å². The lowest BCUT2D eigenvalue weighted by Gasteiger charge is -2.21. The third-order valence-corrected chi connectivity index (χ3v) is 5.64. The van der Waals surface area contributed by atoms with Gasteiger partial charge in [0.15, 0.2) is 0 Å². The molecule has 0 fully saturated rings. The van der Waals surface area contributed by atoms with Crippen molar-refractivity contribution < 1.29 is 8.42 Å². The Kier molecular flexibility index (Phi) is 4.77. The van der Waals surface area contributed by atoms with Crippen LogP contribution in [0.2, 0.25) is 4.34 Å². The fraction of sp³-hybridized carbons (Fsp3) is 0.231. The van der Waals surface area contributed by atoms with E-state index >= 15 is 0 Å². The van der Waals surface area contributed by atoms with Gasteiger partial charge in [0.25, 0.3) is 0 Å². The average Bonchev–Trinajstić information content (AvgIpc) is 2.84. The largest absolute Gasteiger partial charge is 0.397 e. The van der Waals surface area contributed by atoms with Crippen LogP contribution in [0.15, 0.2) is 35.2 Å². The predicted octanol–water partition coefficient (Wildman–Crippen LogP) is 2.53. The summed E-state index contributed by atoms with van der Waals surface area (Å²) in [6.45, 7) is 0.602. The molecule has 114 valence electrons. The Morgan fingerprint density at radius 3 is 2.62 bits per heavy atom. The number of halogens is 1. The molecule has 21 heavy (non-hydrogen) atoms. The molecule has 2 rings (SSSR count). The van der Waals surface area contributed by atoms with E-state index in [0.29, 0.717) is 17.9 Å². The van der Waals surface area contributed by atoms with E-state index in [1.54, 1.807) is 12.1 Å². The van der Waals surface area contributed by atoms with Gasteiger partial charge in [-0.3, -0.25) is 0 Å². The quantitative estimate of drug-likeness (QED) is 0.816. The molecule has 0 radical (unpaired) electrons. The Labute approximate surface area is 133 Å². The number of nitrogens with one attached hydrogen (secondary N) is 1. The van der Waals surface area contributed by atoms with E-state index in [1.807, 2.05) is 24.1 Å². The van der Waals surface area contributed by atoms with Gasteiger partial charge in [-0.05, 0) is 37.4 Å². The van der Waals surface area contributed by atoms with Gasteiger partial charge in [0.1, 0.15) is 0 Å². The fourth-order valence-electron chi connectivity index (χ4n) is 1.89. The van der Waals surface area contributed by atoms with Gasteiger partial charge in [-0.2, -0.15) is 0 Å². The molecule has 0 aliphatic carbocycles. The highest BCUT2D eigenvalue weighted by Crippen LogP contribution is 2.29. The average molecular weight is 346 g/mol. The number of anilines is 2. The lowest BCUT2D eigenvalue weighted by atomic mass is 10.2. The number of sulfonamides is 1. The summed E-state index contributed by atoms with van der Waals surface area (Å²) in [7, 11) is -0.256. The number of nitrogens with two attached hydrogens (primary N) is 1. The smallest absolute Gasteiger partial charge is 0.240 e. The van der Waals surface area contributed by atoms with Crippen LogP contribution in [0.4, 0.5) is 11.4 Å². The molecule has 0 spiro atoms. The molecule has 0 aliphatic rings. The first-order chi connectivity index (χ1) is 9.83. The van der Waals surface area contributed by atoms with Crippen LogP contribution < -0.4 is 15.4 Å². The fourth-order valence-corrected chi connectivity index (χ4v) is 3.79. The van der Waals surface area contributed by atoms with Gasteiger partial charge in [-0.25, -0.2) is 13.1 Å². The van der Waals surface area contributed by atoms with Crippen molar-refractivity contribution in [1.82, 2.24) is 4.72 Å². The molecular weight excluding hydrogens is 330 g/mol. The first kappa shape index (κ1) is 16.1. The number of nitrogens with zero attached hydrogens (tertiary/aromatic N) is 1. The van der Waals surface area contributed by atoms with Crippen LogP contribution >= 0.6 is 22.9 Å². The highest BCUT2D eigenvalue weighted by Gasteiger charge is 2.15. The van der Waals surface area contributed by atoms with E-state index in [0.717, 1.165) is 9.21 Å². The summed E-state index contributed by atoms with van der Waals surface area (Å²) in [5.41, 5.74) is 7.14. The summed E-state index contributed by atoms with van der Waals surface area (Å²) in [5, 5.41) is 0. The first-order valence-corrected chi connectivity index (χ1v) is 8.79. The minimum atomic E-state index is -3.49. The van der Waals surface area contributed by atoms with Crippen molar-refractivity contribution in [2.75, 3.05) is 24.7 Å². The maximum absolute atomic E-state index is 11.9. The molecular formula is C13H16ClN3O2S2. The Bertz CT molecular complexity index is 744. The molecule has 0 amide bonds. The standard InChI is InChI=1S/C13H16ClN3O2S2/c1-16-21(18,19)10-4-5-11(15)12(7-10)17(2)8-9-3-6-13(14)20-9/h3-7,16H,8,15H2,1-2H3. The minimum absolute atomic E-state index is 0.185. The number of benzene rings is 1. The van der Waals surface area contributed by atoms with Crippen LogP contribution in [0.5, 0.6) is 0 Å². The van der Waals surface area contributed by atoms with Crippen LogP contribution in [-0.4, -0.2) is 22.5 Å². The summed E-state index contributed by atoms with van der Waals surface area (Å²) < 4.78 is 26.7. The molecule has 1 aromatic carbocycles. The zero-order valence-corrected chi connectivity index (χ0v) is 14.0. The van der Waals surface area contributed by atoms with Crippen LogP contribution in [0.1, 0.15) is 4.88 Å².